The van der Waals surface area contributed by atoms with Crippen LogP contribution < -0.4 is 5.32 Å². The van der Waals surface area contributed by atoms with Crippen LogP contribution in [0.5, 0.6) is 0 Å². The topological polar surface area (TPSA) is 55.6 Å². The summed E-state index contributed by atoms with van der Waals surface area (Å²) in [6.07, 6.45) is 2.28. The van der Waals surface area contributed by atoms with E-state index in [1.54, 1.807) is 4.68 Å². The summed E-state index contributed by atoms with van der Waals surface area (Å²) in [5, 5.41) is 18.0. The van der Waals surface area contributed by atoms with Crippen LogP contribution in [0.3, 0.4) is 0 Å². The fourth-order valence-electron chi connectivity index (χ4n) is 1.48. The first-order valence-corrected chi connectivity index (χ1v) is 7.09. The van der Waals surface area contributed by atoms with Gasteiger partial charge in [-0.25, -0.2) is 0 Å². The fourth-order valence-corrected chi connectivity index (χ4v) is 2.55. The van der Waals surface area contributed by atoms with Crippen molar-refractivity contribution in [3.05, 3.63) is 10.7 Å². The molecule has 1 N–H and O–H groups in total. The van der Waals surface area contributed by atoms with E-state index < -0.39 is 0 Å². The smallest absolute Gasteiger partial charge is 0.206 e. The van der Waals surface area contributed by atoms with Crippen LogP contribution in [0.1, 0.15) is 25.5 Å². The van der Waals surface area contributed by atoms with Gasteiger partial charge >= 0.3 is 0 Å². The second-order valence-electron chi connectivity index (χ2n) is 4.06. The second-order valence-corrected chi connectivity index (χ2v) is 5.42. The molecule has 98 valence electrons. The van der Waals surface area contributed by atoms with Crippen molar-refractivity contribution < 1.29 is 0 Å². The lowest BCUT2D eigenvalue weighted by Gasteiger charge is -1.97. The molecule has 0 aliphatic heterocycles. The van der Waals surface area contributed by atoms with Gasteiger partial charge in [0, 0.05) is 13.6 Å². The Labute approximate surface area is 115 Å². The van der Waals surface area contributed by atoms with Gasteiger partial charge < -0.3 is 5.32 Å². The molecule has 2 heterocycles. The second kappa shape index (κ2) is 5.67. The number of aryl methyl sites for hydroxylation is 1. The Morgan fingerprint density at radius 3 is 2.78 bits per heavy atom. The number of nitrogens with zero attached hydrogens (tertiary/aromatic N) is 4. The molecule has 2 rings (SSSR count). The summed E-state index contributed by atoms with van der Waals surface area (Å²) in [4.78, 5) is 0. The van der Waals surface area contributed by atoms with Crippen LogP contribution >= 0.6 is 22.9 Å². The Bertz CT molecular complexity index is 534. The largest absolute Gasteiger partial charge is 0.360 e. The van der Waals surface area contributed by atoms with Gasteiger partial charge in [-0.05, 0) is 13.3 Å². The minimum atomic E-state index is 0.647. The molecule has 0 aliphatic carbocycles. The number of hydrogen-bond acceptors (Lipinski definition) is 5. The molecule has 0 spiro atoms. The van der Waals surface area contributed by atoms with Crippen LogP contribution in [0.25, 0.3) is 10.7 Å². The lowest BCUT2D eigenvalue weighted by atomic mass is 10.3. The Kier molecular flexibility index (Phi) is 4.19. The van der Waals surface area contributed by atoms with Crippen LogP contribution in [0.15, 0.2) is 0 Å². The molecule has 7 heteroatoms. The van der Waals surface area contributed by atoms with Crippen molar-refractivity contribution in [2.24, 2.45) is 7.05 Å². The van der Waals surface area contributed by atoms with Gasteiger partial charge in [0.25, 0.3) is 0 Å². The van der Waals surface area contributed by atoms with Crippen LogP contribution in [0.4, 0.5) is 5.13 Å². The van der Waals surface area contributed by atoms with Gasteiger partial charge in [-0.2, -0.15) is 5.10 Å². The summed E-state index contributed by atoms with van der Waals surface area (Å²) in [5.41, 5.74) is 1.64. The predicted molar refractivity (Wildman–Crippen MR) is 75.3 cm³/mol. The zero-order valence-electron chi connectivity index (χ0n) is 10.7. The standard InChI is InChI=1S/C11H16ClN5S/c1-4-5-6-13-11-15-14-10(18-11)9-8(12)7(2)17(3)16-9/h4-6H2,1-3H3,(H,13,15). The number of anilines is 1. The van der Waals surface area contributed by atoms with Crippen molar-refractivity contribution in [2.75, 3.05) is 11.9 Å². The molecule has 0 radical (unpaired) electrons. The maximum absolute atomic E-state index is 6.22. The van der Waals surface area contributed by atoms with E-state index in [-0.39, 0.29) is 0 Å². The highest BCUT2D eigenvalue weighted by atomic mass is 35.5. The van der Waals surface area contributed by atoms with Gasteiger partial charge in [0.05, 0.1) is 10.7 Å². The van der Waals surface area contributed by atoms with Gasteiger partial charge in [-0.15, -0.1) is 10.2 Å². The van der Waals surface area contributed by atoms with E-state index in [4.69, 9.17) is 11.6 Å². The number of hydrogen-bond donors (Lipinski definition) is 1. The Balaban J connectivity index is 2.16. The van der Waals surface area contributed by atoms with Crippen molar-refractivity contribution in [1.29, 1.82) is 0 Å². The predicted octanol–water partition coefficient (Wildman–Crippen LogP) is 3.11. The summed E-state index contributed by atoms with van der Waals surface area (Å²) in [6.45, 7) is 5.00. The van der Waals surface area contributed by atoms with Crippen molar-refractivity contribution in [3.63, 3.8) is 0 Å². The molecule has 0 unspecified atom stereocenters. The molecule has 18 heavy (non-hydrogen) atoms. The van der Waals surface area contributed by atoms with Crippen molar-refractivity contribution in [1.82, 2.24) is 20.0 Å². The summed E-state index contributed by atoms with van der Waals surface area (Å²) in [6, 6.07) is 0. The third-order valence-corrected chi connectivity index (χ3v) is 4.04. The van der Waals surface area contributed by atoms with Crippen LogP contribution in [-0.4, -0.2) is 26.5 Å². The zero-order valence-corrected chi connectivity index (χ0v) is 12.3. The molecule has 0 saturated heterocycles. The quantitative estimate of drug-likeness (QED) is 0.858. The molecule has 0 aromatic carbocycles. The van der Waals surface area contributed by atoms with E-state index in [1.165, 1.54) is 11.3 Å². The van der Waals surface area contributed by atoms with E-state index in [9.17, 15) is 0 Å². The first kappa shape index (κ1) is 13.3. The molecule has 2 aromatic rings. The van der Waals surface area contributed by atoms with Gasteiger partial charge in [-0.3, -0.25) is 4.68 Å². The zero-order chi connectivity index (χ0) is 13.1. The molecule has 5 nitrogen and oxygen atoms in total. The molecule has 0 atom stereocenters. The summed E-state index contributed by atoms with van der Waals surface area (Å²) in [5.74, 6) is 0. The molecular weight excluding hydrogens is 270 g/mol. The van der Waals surface area contributed by atoms with E-state index in [2.05, 4.69) is 27.5 Å². The maximum Gasteiger partial charge on any atom is 0.206 e. The SMILES string of the molecule is CCCCNc1nnc(-c2nn(C)c(C)c2Cl)s1. The normalized spacial score (nSPS) is 10.9. The number of rotatable bonds is 5. The minimum Gasteiger partial charge on any atom is -0.360 e. The van der Waals surface area contributed by atoms with E-state index in [0.29, 0.717) is 10.7 Å². The van der Waals surface area contributed by atoms with Crippen LogP contribution in [0.2, 0.25) is 5.02 Å². The average Bonchev–Trinajstić information content (AvgIpc) is 2.91. The van der Waals surface area contributed by atoms with Crippen LogP contribution in [0, 0.1) is 6.92 Å². The maximum atomic E-state index is 6.22. The lowest BCUT2D eigenvalue weighted by Crippen LogP contribution is -1.99. The fraction of sp³-hybridized carbons (Fsp3) is 0.545. The Morgan fingerprint density at radius 2 is 2.17 bits per heavy atom. The molecule has 0 saturated carbocycles. The third-order valence-electron chi connectivity index (χ3n) is 2.70. The number of aromatic nitrogens is 4. The van der Waals surface area contributed by atoms with Gasteiger partial charge in [0.2, 0.25) is 5.13 Å². The molecular formula is C11H16ClN5S. The highest BCUT2D eigenvalue weighted by Gasteiger charge is 2.16. The molecule has 0 bridgehead atoms. The minimum absolute atomic E-state index is 0.647. The summed E-state index contributed by atoms with van der Waals surface area (Å²) >= 11 is 7.70. The van der Waals surface area contributed by atoms with E-state index in [1.807, 2.05) is 14.0 Å². The number of unbranched alkanes of at least 4 members (excludes halogenated alkanes) is 1. The average molecular weight is 286 g/mol. The summed E-state index contributed by atoms with van der Waals surface area (Å²) in [7, 11) is 1.87. The van der Waals surface area contributed by atoms with Crippen molar-refractivity contribution in [3.8, 4) is 10.7 Å². The Hall–Kier alpha value is -1.14. The molecule has 0 fully saturated rings. The Morgan fingerprint density at radius 1 is 1.39 bits per heavy atom. The molecule has 0 aliphatic rings. The van der Waals surface area contributed by atoms with Crippen molar-refractivity contribution in [2.45, 2.75) is 26.7 Å². The number of nitrogens with one attached hydrogen (secondary N) is 1. The van der Waals surface area contributed by atoms with Gasteiger partial charge in [0.15, 0.2) is 5.01 Å². The highest BCUT2D eigenvalue weighted by molar-refractivity contribution is 7.18. The summed E-state index contributed by atoms with van der Waals surface area (Å²) < 4.78 is 1.75. The van der Waals surface area contributed by atoms with Crippen molar-refractivity contribution >= 4 is 28.1 Å². The first-order valence-electron chi connectivity index (χ1n) is 5.90. The molecule has 0 amide bonds. The van der Waals surface area contributed by atoms with Gasteiger partial charge in [-0.1, -0.05) is 36.3 Å². The van der Waals surface area contributed by atoms with Gasteiger partial charge in [0.1, 0.15) is 5.69 Å². The first-order chi connectivity index (χ1) is 8.63. The number of halogens is 1. The van der Waals surface area contributed by atoms with E-state index >= 15 is 0 Å². The highest BCUT2D eigenvalue weighted by Crippen LogP contribution is 2.32. The lowest BCUT2D eigenvalue weighted by molar-refractivity contribution is 0.742. The van der Waals surface area contributed by atoms with Crippen LogP contribution in [-0.2, 0) is 7.05 Å². The third kappa shape index (κ3) is 2.64. The monoisotopic (exact) mass is 285 g/mol. The van der Waals surface area contributed by atoms with E-state index in [0.717, 1.165) is 35.2 Å². The molecule has 2 aromatic heterocycles.